The summed E-state index contributed by atoms with van der Waals surface area (Å²) in [5.74, 6) is 0. The average Bonchev–Trinajstić information content (AvgIpc) is 2.78. The molecule has 1 nitrogen and oxygen atoms in total. The second-order valence-electron chi connectivity index (χ2n) is 4.27. The summed E-state index contributed by atoms with van der Waals surface area (Å²) in [7, 11) is 0. The van der Waals surface area contributed by atoms with E-state index >= 15 is 0 Å². The van der Waals surface area contributed by atoms with Crippen LogP contribution in [0.4, 0.5) is 5.69 Å². The zero-order valence-electron chi connectivity index (χ0n) is 9.99. The Morgan fingerprint density at radius 1 is 1.00 bits per heavy atom. The SMILES string of the molecule is Clc1cc(Cl)cc(NCc2csc3ccccc23)c1. The molecule has 0 saturated heterocycles. The topological polar surface area (TPSA) is 12.0 Å². The highest BCUT2D eigenvalue weighted by molar-refractivity contribution is 7.17. The van der Waals surface area contributed by atoms with Crippen LogP contribution in [0.1, 0.15) is 5.56 Å². The molecule has 1 N–H and O–H groups in total. The van der Waals surface area contributed by atoms with Crippen LogP contribution in [0.15, 0.2) is 47.8 Å². The summed E-state index contributed by atoms with van der Waals surface area (Å²) >= 11 is 13.7. The molecule has 1 heterocycles. The molecule has 0 fully saturated rings. The van der Waals surface area contributed by atoms with Crippen LogP contribution in [-0.2, 0) is 6.54 Å². The maximum absolute atomic E-state index is 5.98. The highest BCUT2D eigenvalue weighted by Crippen LogP contribution is 2.27. The number of rotatable bonds is 3. The van der Waals surface area contributed by atoms with E-state index in [4.69, 9.17) is 23.2 Å². The average molecular weight is 308 g/mol. The predicted octanol–water partition coefficient (Wildman–Crippen LogP) is 5.82. The Hall–Kier alpha value is -1.22. The van der Waals surface area contributed by atoms with E-state index in [0.717, 1.165) is 12.2 Å². The van der Waals surface area contributed by atoms with Crippen molar-refractivity contribution in [1.29, 1.82) is 0 Å². The van der Waals surface area contributed by atoms with Gasteiger partial charge in [-0.05, 0) is 40.6 Å². The van der Waals surface area contributed by atoms with Gasteiger partial charge in [-0.1, -0.05) is 41.4 Å². The quantitative estimate of drug-likeness (QED) is 0.643. The molecular formula is C15H11Cl2NS. The van der Waals surface area contributed by atoms with Crippen LogP contribution in [0.5, 0.6) is 0 Å². The van der Waals surface area contributed by atoms with E-state index < -0.39 is 0 Å². The Morgan fingerprint density at radius 3 is 2.53 bits per heavy atom. The normalized spacial score (nSPS) is 10.8. The van der Waals surface area contributed by atoms with Crippen LogP contribution in [0.25, 0.3) is 10.1 Å². The van der Waals surface area contributed by atoms with Gasteiger partial charge in [0.25, 0.3) is 0 Å². The van der Waals surface area contributed by atoms with Gasteiger partial charge in [-0.2, -0.15) is 0 Å². The zero-order chi connectivity index (χ0) is 13.2. The molecule has 0 atom stereocenters. The van der Waals surface area contributed by atoms with Crippen LogP contribution in [0.2, 0.25) is 10.0 Å². The molecule has 0 saturated carbocycles. The first kappa shape index (κ1) is 12.8. The third kappa shape index (κ3) is 2.86. The Kier molecular flexibility index (Phi) is 3.65. The van der Waals surface area contributed by atoms with Crippen molar-refractivity contribution >= 4 is 50.3 Å². The van der Waals surface area contributed by atoms with Crippen LogP contribution in [0, 0.1) is 0 Å². The van der Waals surface area contributed by atoms with Gasteiger partial charge < -0.3 is 5.32 Å². The molecule has 0 radical (unpaired) electrons. The van der Waals surface area contributed by atoms with Gasteiger partial charge in [0.15, 0.2) is 0 Å². The molecule has 0 aliphatic carbocycles. The molecule has 0 unspecified atom stereocenters. The van der Waals surface area contributed by atoms with Gasteiger partial charge in [-0.15, -0.1) is 11.3 Å². The summed E-state index contributed by atoms with van der Waals surface area (Å²) in [6, 6.07) is 13.9. The monoisotopic (exact) mass is 307 g/mol. The zero-order valence-corrected chi connectivity index (χ0v) is 12.3. The summed E-state index contributed by atoms with van der Waals surface area (Å²) in [5, 5.41) is 8.13. The number of anilines is 1. The van der Waals surface area contributed by atoms with E-state index in [0.29, 0.717) is 10.0 Å². The largest absolute Gasteiger partial charge is 0.381 e. The fourth-order valence-electron chi connectivity index (χ4n) is 2.02. The number of benzene rings is 2. The lowest BCUT2D eigenvalue weighted by atomic mass is 10.2. The Bertz CT molecular complexity index is 701. The molecule has 19 heavy (non-hydrogen) atoms. The lowest BCUT2D eigenvalue weighted by Crippen LogP contribution is -1.98. The van der Waals surface area contributed by atoms with Crippen molar-refractivity contribution in [3.8, 4) is 0 Å². The van der Waals surface area contributed by atoms with Gasteiger partial charge in [-0.25, -0.2) is 0 Å². The molecule has 3 aromatic rings. The summed E-state index contributed by atoms with van der Waals surface area (Å²) in [6.45, 7) is 0.765. The molecule has 2 aromatic carbocycles. The van der Waals surface area contributed by atoms with E-state index in [-0.39, 0.29) is 0 Å². The van der Waals surface area contributed by atoms with E-state index in [2.05, 4.69) is 35.0 Å². The maximum Gasteiger partial charge on any atom is 0.0441 e. The van der Waals surface area contributed by atoms with Gasteiger partial charge >= 0.3 is 0 Å². The van der Waals surface area contributed by atoms with Gasteiger partial charge in [0.05, 0.1) is 0 Å². The highest BCUT2D eigenvalue weighted by Gasteiger charge is 2.04. The Labute approximate surface area is 125 Å². The highest BCUT2D eigenvalue weighted by atomic mass is 35.5. The van der Waals surface area contributed by atoms with E-state index in [1.54, 1.807) is 17.4 Å². The molecule has 0 aliphatic heterocycles. The number of thiophene rings is 1. The van der Waals surface area contributed by atoms with Gasteiger partial charge in [0.2, 0.25) is 0 Å². The summed E-state index contributed by atoms with van der Waals surface area (Å²) in [4.78, 5) is 0. The van der Waals surface area contributed by atoms with Crippen molar-refractivity contribution in [3.63, 3.8) is 0 Å². The van der Waals surface area contributed by atoms with E-state index in [1.807, 2.05) is 12.1 Å². The van der Waals surface area contributed by atoms with Crippen LogP contribution in [0.3, 0.4) is 0 Å². The molecular weight excluding hydrogens is 297 g/mol. The fourth-order valence-corrected chi connectivity index (χ4v) is 3.51. The van der Waals surface area contributed by atoms with Gasteiger partial charge in [0, 0.05) is 27.0 Å². The first-order chi connectivity index (χ1) is 9.22. The second kappa shape index (κ2) is 5.41. The third-order valence-electron chi connectivity index (χ3n) is 2.91. The van der Waals surface area contributed by atoms with Gasteiger partial charge in [-0.3, -0.25) is 0 Å². The molecule has 0 bridgehead atoms. The fraction of sp³-hybridized carbons (Fsp3) is 0.0667. The Morgan fingerprint density at radius 2 is 1.74 bits per heavy atom. The van der Waals surface area contributed by atoms with Crippen molar-refractivity contribution in [2.24, 2.45) is 0 Å². The summed E-state index contributed by atoms with van der Waals surface area (Å²) in [5.41, 5.74) is 2.23. The second-order valence-corrected chi connectivity index (χ2v) is 6.05. The van der Waals surface area contributed by atoms with Crippen molar-refractivity contribution in [2.75, 3.05) is 5.32 Å². The van der Waals surface area contributed by atoms with Gasteiger partial charge in [0.1, 0.15) is 0 Å². The first-order valence-corrected chi connectivity index (χ1v) is 7.51. The minimum atomic E-state index is 0.644. The molecule has 0 amide bonds. The lowest BCUT2D eigenvalue weighted by Gasteiger charge is -2.07. The number of hydrogen-bond acceptors (Lipinski definition) is 2. The van der Waals surface area contributed by atoms with Crippen molar-refractivity contribution in [1.82, 2.24) is 0 Å². The predicted molar refractivity (Wildman–Crippen MR) is 85.6 cm³/mol. The molecule has 3 rings (SSSR count). The van der Waals surface area contributed by atoms with Crippen molar-refractivity contribution in [2.45, 2.75) is 6.54 Å². The number of hydrogen-bond donors (Lipinski definition) is 1. The number of nitrogens with one attached hydrogen (secondary N) is 1. The summed E-state index contributed by atoms with van der Waals surface area (Å²) < 4.78 is 1.31. The van der Waals surface area contributed by atoms with Crippen LogP contribution in [-0.4, -0.2) is 0 Å². The van der Waals surface area contributed by atoms with Crippen molar-refractivity contribution in [3.05, 3.63) is 63.5 Å². The molecule has 0 spiro atoms. The smallest absolute Gasteiger partial charge is 0.0441 e. The Balaban J connectivity index is 1.82. The summed E-state index contributed by atoms with van der Waals surface area (Å²) in [6.07, 6.45) is 0. The number of fused-ring (bicyclic) bond motifs is 1. The minimum absolute atomic E-state index is 0.644. The molecule has 0 aliphatic rings. The molecule has 4 heteroatoms. The third-order valence-corrected chi connectivity index (χ3v) is 4.36. The molecule has 96 valence electrons. The lowest BCUT2D eigenvalue weighted by molar-refractivity contribution is 1.18. The van der Waals surface area contributed by atoms with Crippen molar-refractivity contribution < 1.29 is 0 Å². The maximum atomic E-state index is 5.98. The van der Waals surface area contributed by atoms with E-state index in [9.17, 15) is 0 Å². The first-order valence-electron chi connectivity index (χ1n) is 5.87. The number of halogens is 2. The standard InChI is InChI=1S/C15H11Cl2NS/c16-11-5-12(17)7-13(6-11)18-8-10-9-19-15-4-2-1-3-14(10)15/h1-7,9,18H,8H2. The van der Waals surface area contributed by atoms with Crippen LogP contribution >= 0.6 is 34.5 Å². The van der Waals surface area contributed by atoms with E-state index in [1.165, 1.54) is 15.6 Å². The van der Waals surface area contributed by atoms with Crippen LogP contribution < -0.4 is 5.32 Å². The minimum Gasteiger partial charge on any atom is -0.381 e. The molecule has 1 aromatic heterocycles.